The number of halogens is 1. The van der Waals surface area contributed by atoms with Crippen LogP contribution in [0.25, 0.3) is 6.08 Å². The summed E-state index contributed by atoms with van der Waals surface area (Å²) < 4.78 is 56.6. The maximum atomic E-state index is 13.1. The first kappa shape index (κ1) is 24.7. The van der Waals surface area contributed by atoms with Gasteiger partial charge in [0.2, 0.25) is 5.75 Å². The number of ether oxygens (including phenoxy) is 3. The lowest BCUT2D eigenvalue weighted by atomic mass is 10.1. The summed E-state index contributed by atoms with van der Waals surface area (Å²) in [4.78, 5) is -0.0335. The molecular formula is C24H26FNO5S. The molecule has 0 saturated heterocycles. The van der Waals surface area contributed by atoms with Gasteiger partial charge in [0, 0.05) is 5.70 Å². The molecule has 0 aliphatic heterocycles. The molecule has 0 radical (unpaired) electrons. The standard InChI is InChI=1S/C24H26FNO5S/c1-6-7-18(8-9-19-15-22(29-3)24(31-5)23(16-19)30-4)14-17(2)26-32(27,28)21-12-10-20(25)11-13-21/h6-16,26H,1H2,2-5H3/b9-8-,17-14+,18-7-. The molecule has 1 N–H and O–H groups in total. The van der Waals surface area contributed by atoms with Gasteiger partial charge in [-0.15, -0.1) is 0 Å². The molecule has 0 unspecified atom stereocenters. The number of rotatable bonds is 10. The van der Waals surface area contributed by atoms with Crippen LogP contribution in [0.4, 0.5) is 4.39 Å². The highest BCUT2D eigenvalue weighted by Gasteiger charge is 2.14. The van der Waals surface area contributed by atoms with Gasteiger partial charge in [-0.25, -0.2) is 12.8 Å². The fourth-order valence-electron chi connectivity index (χ4n) is 2.84. The maximum Gasteiger partial charge on any atom is 0.261 e. The summed E-state index contributed by atoms with van der Waals surface area (Å²) >= 11 is 0. The second-order valence-corrected chi connectivity index (χ2v) is 8.26. The van der Waals surface area contributed by atoms with Crippen molar-refractivity contribution < 1.29 is 27.0 Å². The van der Waals surface area contributed by atoms with Gasteiger partial charge in [0.15, 0.2) is 11.5 Å². The van der Waals surface area contributed by atoms with Crippen LogP contribution in [0.15, 0.2) is 83.4 Å². The molecule has 2 aromatic carbocycles. The monoisotopic (exact) mass is 459 g/mol. The van der Waals surface area contributed by atoms with Gasteiger partial charge < -0.3 is 14.2 Å². The quantitative estimate of drug-likeness (QED) is 0.514. The van der Waals surface area contributed by atoms with Crippen LogP contribution in [0.5, 0.6) is 17.2 Å². The van der Waals surface area contributed by atoms with E-state index < -0.39 is 15.8 Å². The zero-order valence-corrected chi connectivity index (χ0v) is 19.2. The zero-order chi connectivity index (χ0) is 23.7. The van der Waals surface area contributed by atoms with Crippen LogP contribution in [0.2, 0.25) is 0 Å². The normalized spacial score (nSPS) is 12.5. The first-order chi connectivity index (χ1) is 15.2. The van der Waals surface area contributed by atoms with Crippen molar-refractivity contribution in [1.82, 2.24) is 4.72 Å². The van der Waals surface area contributed by atoms with E-state index in [0.717, 1.165) is 17.7 Å². The highest BCUT2D eigenvalue weighted by Crippen LogP contribution is 2.38. The van der Waals surface area contributed by atoms with E-state index in [1.165, 1.54) is 33.5 Å². The number of nitrogens with one attached hydrogen (secondary N) is 1. The number of sulfonamides is 1. The van der Waals surface area contributed by atoms with Crippen LogP contribution in [0, 0.1) is 5.82 Å². The molecule has 0 amide bonds. The molecular weight excluding hydrogens is 433 g/mol. The van der Waals surface area contributed by atoms with Crippen molar-refractivity contribution in [1.29, 1.82) is 0 Å². The van der Waals surface area contributed by atoms with Crippen LogP contribution in [0.3, 0.4) is 0 Å². The Morgan fingerprint density at radius 2 is 1.62 bits per heavy atom. The molecule has 32 heavy (non-hydrogen) atoms. The summed E-state index contributed by atoms with van der Waals surface area (Å²) in [6, 6.07) is 8.17. The van der Waals surface area contributed by atoms with Crippen molar-refractivity contribution in [3.63, 3.8) is 0 Å². The Hall–Kier alpha value is -3.52. The first-order valence-corrected chi connectivity index (χ1v) is 11.0. The van der Waals surface area contributed by atoms with Gasteiger partial charge in [0.25, 0.3) is 10.0 Å². The fraction of sp³-hybridized carbons (Fsp3) is 0.167. The Morgan fingerprint density at radius 1 is 1.03 bits per heavy atom. The van der Waals surface area contributed by atoms with Gasteiger partial charge >= 0.3 is 0 Å². The van der Waals surface area contributed by atoms with Gasteiger partial charge in [0.1, 0.15) is 5.82 Å². The molecule has 0 heterocycles. The third kappa shape index (κ3) is 6.49. The Morgan fingerprint density at radius 3 is 2.12 bits per heavy atom. The number of allylic oxidation sites excluding steroid dienone is 6. The molecule has 0 fully saturated rings. The van der Waals surface area contributed by atoms with Crippen molar-refractivity contribution in [2.24, 2.45) is 0 Å². The molecule has 0 atom stereocenters. The Labute approximate surface area is 188 Å². The summed E-state index contributed by atoms with van der Waals surface area (Å²) in [5.41, 5.74) is 1.84. The van der Waals surface area contributed by atoms with Crippen molar-refractivity contribution in [2.45, 2.75) is 11.8 Å². The zero-order valence-electron chi connectivity index (χ0n) is 18.4. The van der Waals surface area contributed by atoms with E-state index in [4.69, 9.17) is 14.2 Å². The van der Waals surface area contributed by atoms with Crippen molar-refractivity contribution in [3.05, 3.63) is 89.9 Å². The van der Waals surface area contributed by atoms with Crippen LogP contribution in [0.1, 0.15) is 12.5 Å². The molecule has 0 bridgehead atoms. The molecule has 0 aromatic heterocycles. The van der Waals surface area contributed by atoms with Crippen LogP contribution in [-0.2, 0) is 10.0 Å². The first-order valence-electron chi connectivity index (χ1n) is 9.51. The maximum absolute atomic E-state index is 13.1. The van der Waals surface area contributed by atoms with E-state index in [2.05, 4.69) is 11.3 Å². The highest BCUT2D eigenvalue weighted by atomic mass is 32.2. The van der Waals surface area contributed by atoms with Gasteiger partial charge in [-0.2, -0.15) is 0 Å². The van der Waals surface area contributed by atoms with E-state index in [0.29, 0.717) is 28.5 Å². The minimum absolute atomic E-state index is 0.0335. The van der Waals surface area contributed by atoms with E-state index in [1.807, 2.05) is 6.08 Å². The molecule has 2 aromatic rings. The summed E-state index contributed by atoms with van der Waals surface area (Å²) in [7, 11) is 0.760. The SMILES string of the molecule is C=C/C=C(/C=C\c1cc(OC)c(OC)c(OC)c1)\C=C(/C)NS(=O)(=O)c1ccc(F)cc1. The molecule has 0 aliphatic rings. The van der Waals surface area contributed by atoms with Crippen molar-refractivity contribution in [3.8, 4) is 17.2 Å². The molecule has 8 heteroatoms. The lowest BCUT2D eigenvalue weighted by Gasteiger charge is -2.13. The smallest absolute Gasteiger partial charge is 0.261 e. The third-order valence-corrected chi connectivity index (χ3v) is 5.75. The molecule has 170 valence electrons. The van der Waals surface area contributed by atoms with Crippen LogP contribution < -0.4 is 18.9 Å². The number of hydrogen-bond donors (Lipinski definition) is 1. The van der Waals surface area contributed by atoms with E-state index in [9.17, 15) is 12.8 Å². The van der Waals surface area contributed by atoms with E-state index in [1.54, 1.807) is 43.4 Å². The number of hydrogen-bond acceptors (Lipinski definition) is 5. The number of methoxy groups -OCH3 is 3. The summed E-state index contributed by atoms with van der Waals surface area (Å²) in [6.45, 7) is 5.32. The fourth-order valence-corrected chi connectivity index (χ4v) is 3.94. The van der Waals surface area contributed by atoms with E-state index in [-0.39, 0.29) is 4.90 Å². The topological polar surface area (TPSA) is 73.9 Å². The summed E-state index contributed by atoms with van der Waals surface area (Å²) in [5, 5.41) is 0. The Kier molecular flexibility index (Phi) is 8.66. The van der Waals surface area contributed by atoms with Gasteiger partial charge in [-0.3, -0.25) is 4.72 Å². The Bertz CT molecular complexity index is 1120. The lowest BCUT2D eigenvalue weighted by Crippen LogP contribution is -2.21. The highest BCUT2D eigenvalue weighted by molar-refractivity contribution is 7.89. The predicted octanol–water partition coefficient (Wildman–Crippen LogP) is 4.86. The molecule has 0 spiro atoms. The molecule has 2 rings (SSSR count). The Balaban J connectivity index is 2.30. The summed E-state index contributed by atoms with van der Waals surface area (Å²) in [5.74, 6) is 1.00. The van der Waals surface area contributed by atoms with Gasteiger partial charge in [-0.05, 0) is 60.5 Å². The predicted molar refractivity (Wildman–Crippen MR) is 124 cm³/mol. The molecule has 6 nitrogen and oxygen atoms in total. The van der Waals surface area contributed by atoms with Gasteiger partial charge in [-0.1, -0.05) is 30.9 Å². The van der Waals surface area contributed by atoms with Crippen LogP contribution >= 0.6 is 0 Å². The average molecular weight is 460 g/mol. The van der Waals surface area contributed by atoms with Crippen LogP contribution in [-0.4, -0.2) is 29.7 Å². The minimum Gasteiger partial charge on any atom is -0.493 e. The van der Waals surface area contributed by atoms with Crippen molar-refractivity contribution >= 4 is 16.1 Å². The number of benzene rings is 2. The van der Waals surface area contributed by atoms with Gasteiger partial charge in [0.05, 0.1) is 26.2 Å². The minimum atomic E-state index is -3.84. The largest absolute Gasteiger partial charge is 0.493 e. The molecule has 0 saturated carbocycles. The summed E-state index contributed by atoms with van der Waals surface area (Å²) in [6.07, 6.45) is 8.57. The average Bonchev–Trinajstić information content (AvgIpc) is 2.76. The van der Waals surface area contributed by atoms with E-state index >= 15 is 0 Å². The molecule has 0 aliphatic carbocycles. The van der Waals surface area contributed by atoms with Crippen molar-refractivity contribution in [2.75, 3.05) is 21.3 Å². The second kappa shape index (κ2) is 11.2. The lowest BCUT2D eigenvalue weighted by molar-refractivity contribution is 0.324. The second-order valence-electron chi connectivity index (χ2n) is 6.58. The third-order valence-electron chi connectivity index (χ3n) is 4.27.